The van der Waals surface area contributed by atoms with Crippen molar-refractivity contribution in [1.29, 1.82) is 0 Å². The molecule has 94 valence electrons. The standard InChI is InChI=1S/C14H21FN2/c1-17(9-11-3-2-4-11)10-13-6-5-12(8-16)7-14(13)15/h5-7,11H,2-4,8-10,16H2,1H3. The van der Waals surface area contributed by atoms with Gasteiger partial charge in [-0.3, -0.25) is 0 Å². The highest BCUT2D eigenvalue weighted by atomic mass is 19.1. The fraction of sp³-hybridized carbons (Fsp3) is 0.571. The normalized spacial score (nSPS) is 16.2. The lowest BCUT2D eigenvalue weighted by Gasteiger charge is -2.30. The molecule has 0 amide bonds. The topological polar surface area (TPSA) is 29.3 Å². The molecule has 0 aromatic heterocycles. The second-order valence-electron chi connectivity index (χ2n) is 5.12. The van der Waals surface area contributed by atoms with Gasteiger partial charge >= 0.3 is 0 Å². The minimum Gasteiger partial charge on any atom is -0.326 e. The molecule has 3 heteroatoms. The molecule has 2 rings (SSSR count). The van der Waals surface area contributed by atoms with E-state index in [4.69, 9.17) is 5.73 Å². The quantitative estimate of drug-likeness (QED) is 0.851. The number of nitrogens with zero attached hydrogens (tertiary/aromatic N) is 1. The van der Waals surface area contributed by atoms with Gasteiger partial charge < -0.3 is 10.6 Å². The van der Waals surface area contributed by atoms with Crippen LogP contribution in [0.4, 0.5) is 4.39 Å². The van der Waals surface area contributed by atoms with Crippen LogP contribution in [0.3, 0.4) is 0 Å². The molecule has 0 bridgehead atoms. The van der Waals surface area contributed by atoms with Crippen LogP contribution in [-0.4, -0.2) is 18.5 Å². The predicted octanol–water partition coefficient (Wildman–Crippen LogP) is 2.52. The van der Waals surface area contributed by atoms with E-state index in [1.165, 1.54) is 19.3 Å². The molecule has 0 unspecified atom stereocenters. The van der Waals surface area contributed by atoms with Gasteiger partial charge in [-0.2, -0.15) is 0 Å². The lowest BCUT2D eigenvalue weighted by molar-refractivity contribution is 0.199. The summed E-state index contributed by atoms with van der Waals surface area (Å²) in [6.07, 6.45) is 4.02. The van der Waals surface area contributed by atoms with Crippen LogP contribution in [0.15, 0.2) is 18.2 Å². The van der Waals surface area contributed by atoms with Gasteiger partial charge in [-0.05, 0) is 37.4 Å². The molecule has 1 aromatic rings. The van der Waals surface area contributed by atoms with E-state index in [0.717, 1.165) is 23.6 Å². The summed E-state index contributed by atoms with van der Waals surface area (Å²) in [6.45, 7) is 2.17. The summed E-state index contributed by atoms with van der Waals surface area (Å²) >= 11 is 0. The fourth-order valence-electron chi connectivity index (χ4n) is 2.32. The molecule has 1 fully saturated rings. The summed E-state index contributed by atoms with van der Waals surface area (Å²) in [5, 5.41) is 0. The molecule has 0 spiro atoms. The Bertz CT molecular complexity index is 374. The third kappa shape index (κ3) is 3.27. The van der Waals surface area contributed by atoms with Crippen molar-refractivity contribution in [2.45, 2.75) is 32.4 Å². The molecule has 17 heavy (non-hydrogen) atoms. The van der Waals surface area contributed by atoms with Crippen LogP contribution in [0.5, 0.6) is 0 Å². The molecule has 2 nitrogen and oxygen atoms in total. The van der Waals surface area contributed by atoms with Gasteiger partial charge in [-0.15, -0.1) is 0 Å². The summed E-state index contributed by atoms with van der Waals surface area (Å²) in [5.41, 5.74) is 7.11. The Balaban J connectivity index is 1.92. The van der Waals surface area contributed by atoms with Crippen LogP contribution >= 0.6 is 0 Å². The van der Waals surface area contributed by atoms with E-state index in [9.17, 15) is 4.39 Å². The maximum atomic E-state index is 13.7. The van der Waals surface area contributed by atoms with Gasteiger partial charge in [0.2, 0.25) is 0 Å². The number of halogens is 1. The zero-order chi connectivity index (χ0) is 12.3. The molecule has 0 heterocycles. The molecule has 0 radical (unpaired) electrons. The van der Waals surface area contributed by atoms with E-state index in [0.29, 0.717) is 13.1 Å². The largest absolute Gasteiger partial charge is 0.326 e. The van der Waals surface area contributed by atoms with Gasteiger partial charge in [-0.1, -0.05) is 18.6 Å². The number of hydrogen-bond acceptors (Lipinski definition) is 2. The SMILES string of the molecule is CN(Cc1ccc(CN)cc1F)CC1CCC1. The maximum Gasteiger partial charge on any atom is 0.128 e. The summed E-state index contributed by atoms with van der Waals surface area (Å²) in [5.74, 6) is 0.694. The van der Waals surface area contributed by atoms with Crippen LogP contribution in [0.2, 0.25) is 0 Å². The highest BCUT2D eigenvalue weighted by Gasteiger charge is 2.19. The first-order chi connectivity index (χ1) is 8.19. The van der Waals surface area contributed by atoms with Crippen molar-refractivity contribution in [1.82, 2.24) is 4.90 Å². The van der Waals surface area contributed by atoms with Crippen LogP contribution in [-0.2, 0) is 13.1 Å². The summed E-state index contributed by atoms with van der Waals surface area (Å²) in [7, 11) is 2.06. The van der Waals surface area contributed by atoms with E-state index in [1.54, 1.807) is 6.07 Å². The molecule has 0 aliphatic heterocycles. The van der Waals surface area contributed by atoms with Crippen molar-refractivity contribution in [2.24, 2.45) is 11.7 Å². The number of rotatable bonds is 5. The Kier molecular flexibility index (Phi) is 4.13. The lowest BCUT2D eigenvalue weighted by Crippen LogP contribution is -2.29. The maximum absolute atomic E-state index is 13.7. The van der Waals surface area contributed by atoms with Crippen LogP contribution in [0.1, 0.15) is 30.4 Å². The van der Waals surface area contributed by atoms with Gasteiger partial charge in [-0.25, -0.2) is 4.39 Å². The molecule has 0 atom stereocenters. The van der Waals surface area contributed by atoms with Gasteiger partial charge in [0.1, 0.15) is 5.82 Å². The third-order valence-corrected chi connectivity index (χ3v) is 3.59. The predicted molar refractivity (Wildman–Crippen MR) is 68.0 cm³/mol. The van der Waals surface area contributed by atoms with Crippen molar-refractivity contribution >= 4 is 0 Å². The van der Waals surface area contributed by atoms with Crippen molar-refractivity contribution in [2.75, 3.05) is 13.6 Å². The zero-order valence-corrected chi connectivity index (χ0v) is 10.5. The molecular weight excluding hydrogens is 215 g/mol. The Hall–Kier alpha value is -0.930. The molecular formula is C14H21FN2. The molecule has 2 N–H and O–H groups in total. The molecule has 1 saturated carbocycles. The fourth-order valence-corrected chi connectivity index (χ4v) is 2.32. The van der Waals surface area contributed by atoms with Gasteiger partial charge in [0.05, 0.1) is 0 Å². The summed E-state index contributed by atoms with van der Waals surface area (Å²) in [6, 6.07) is 5.32. The Labute approximate surface area is 103 Å². The summed E-state index contributed by atoms with van der Waals surface area (Å²) < 4.78 is 13.7. The highest BCUT2D eigenvalue weighted by molar-refractivity contribution is 5.24. The molecule has 1 aliphatic carbocycles. The van der Waals surface area contributed by atoms with E-state index < -0.39 is 0 Å². The van der Waals surface area contributed by atoms with Gasteiger partial charge in [0.25, 0.3) is 0 Å². The lowest BCUT2D eigenvalue weighted by atomic mass is 9.85. The third-order valence-electron chi connectivity index (χ3n) is 3.59. The summed E-state index contributed by atoms with van der Waals surface area (Å²) in [4.78, 5) is 2.21. The zero-order valence-electron chi connectivity index (χ0n) is 10.5. The Morgan fingerprint density at radius 1 is 1.41 bits per heavy atom. The van der Waals surface area contributed by atoms with Crippen molar-refractivity contribution in [3.63, 3.8) is 0 Å². The molecule has 0 saturated heterocycles. The van der Waals surface area contributed by atoms with E-state index in [-0.39, 0.29) is 5.82 Å². The number of hydrogen-bond donors (Lipinski definition) is 1. The van der Waals surface area contributed by atoms with Crippen molar-refractivity contribution in [3.8, 4) is 0 Å². The Morgan fingerprint density at radius 2 is 2.18 bits per heavy atom. The first kappa shape index (κ1) is 12.5. The van der Waals surface area contributed by atoms with Crippen LogP contribution in [0, 0.1) is 11.7 Å². The smallest absolute Gasteiger partial charge is 0.128 e. The minimum absolute atomic E-state index is 0.131. The second kappa shape index (κ2) is 5.61. The average molecular weight is 236 g/mol. The second-order valence-corrected chi connectivity index (χ2v) is 5.12. The monoisotopic (exact) mass is 236 g/mol. The number of nitrogens with two attached hydrogens (primary N) is 1. The molecule has 1 aliphatic rings. The van der Waals surface area contributed by atoms with E-state index in [2.05, 4.69) is 11.9 Å². The van der Waals surface area contributed by atoms with Gasteiger partial charge in [0.15, 0.2) is 0 Å². The van der Waals surface area contributed by atoms with E-state index in [1.807, 2.05) is 12.1 Å². The van der Waals surface area contributed by atoms with Crippen LogP contribution in [0.25, 0.3) is 0 Å². The average Bonchev–Trinajstić information content (AvgIpc) is 2.26. The minimum atomic E-state index is -0.131. The van der Waals surface area contributed by atoms with Crippen molar-refractivity contribution < 1.29 is 4.39 Å². The van der Waals surface area contributed by atoms with Gasteiger partial charge in [0, 0.05) is 25.2 Å². The van der Waals surface area contributed by atoms with E-state index >= 15 is 0 Å². The van der Waals surface area contributed by atoms with Crippen molar-refractivity contribution in [3.05, 3.63) is 35.1 Å². The first-order valence-corrected chi connectivity index (χ1v) is 6.35. The first-order valence-electron chi connectivity index (χ1n) is 6.35. The number of benzene rings is 1. The highest BCUT2D eigenvalue weighted by Crippen LogP contribution is 2.27. The molecule has 1 aromatic carbocycles. The Morgan fingerprint density at radius 3 is 2.71 bits per heavy atom. The van der Waals surface area contributed by atoms with Crippen LogP contribution < -0.4 is 5.73 Å².